The van der Waals surface area contributed by atoms with Gasteiger partial charge in [0.2, 0.25) is 17.7 Å². The number of amides is 3. The number of aliphatic hydroxyl groups is 1. The summed E-state index contributed by atoms with van der Waals surface area (Å²) in [5.41, 5.74) is 1.02. The molecule has 8 atom stereocenters. The summed E-state index contributed by atoms with van der Waals surface area (Å²) in [6, 6.07) is 8.64. The van der Waals surface area contributed by atoms with E-state index in [0.717, 1.165) is 31.2 Å². The number of likely N-dealkylation sites (tertiary alicyclic amines) is 1. The van der Waals surface area contributed by atoms with Gasteiger partial charge in [-0.15, -0.1) is 24.9 Å². The van der Waals surface area contributed by atoms with Gasteiger partial charge in [0.05, 0.1) is 29.2 Å². The van der Waals surface area contributed by atoms with Gasteiger partial charge in [-0.1, -0.05) is 76.1 Å². The molecule has 0 aliphatic carbocycles. The first-order valence-electron chi connectivity index (χ1n) is 15.7. The second kappa shape index (κ2) is 13.8. The van der Waals surface area contributed by atoms with Crippen molar-refractivity contribution in [2.45, 2.75) is 94.5 Å². The number of benzene rings is 1. The van der Waals surface area contributed by atoms with Crippen LogP contribution in [-0.4, -0.2) is 85.3 Å². The fourth-order valence-electron chi connectivity index (χ4n) is 7.58. The third kappa shape index (κ3) is 5.69. The van der Waals surface area contributed by atoms with Crippen molar-refractivity contribution in [1.29, 1.82) is 0 Å². The maximum Gasteiger partial charge on any atom is 0.247 e. The zero-order chi connectivity index (χ0) is 30.6. The number of hydrogen-bond donors (Lipinski definition) is 1. The summed E-state index contributed by atoms with van der Waals surface area (Å²) in [5, 5.41) is 10.6. The maximum atomic E-state index is 14.7. The zero-order valence-corrected chi connectivity index (χ0v) is 26.6. The number of nitrogens with zero attached hydrogens (tertiary/aromatic N) is 3. The Hall–Kier alpha value is -2.58. The second-order valence-electron chi connectivity index (χ2n) is 12.3. The SMILES string of the molecule is C=CCN(Cc1ccccc1)C(=O)[C@@H]1[C@@H]2CCC3(S2)C(C(=O)N(CC=C)C(C)CCC)N([C@@H](CO)[C@@H](C)CC)C(=O)[C@H]13. The molecule has 2 bridgehead atoms. The Morgan fingerprint density at radius 1 is 1.14 bits per heavy atom. The Morgan fingerprint density at radius 2 is 1.83 bits per heavy atom. The van der Waals surface area contributed by atoms with E-state index in [0.29, 0.717) is 26.1 Å². The van der Waals surface area contributed by atoms with Gasteiger partial charge in [-0.2, -0.15) is 0 Å². The summed E-state index contributed by atoms with van der Waals surface area (Å²) in [5.74, 6) is -1.40. The molecule has 3 aliphatic heterocycles. The van der Waals surface area contributed by atoms with Crippen LogP contribution in [0.15, 0.2) is 55.6 Å². The van der Waals surface area contributed by atoms with Crippen molar-refractivity contribution < 1.29 is 19.5 Å². The topological polar surface area (TPSA) is 81.2 Å². The summed E-state index contributed by atoms with van der Waals surface area (Å²) in [6.45, 7) is 17.0. The lowest BCUT2D eigenvalue weighted by molar-refractivity contribution is -0.148. The van der Waals surface area contributed by atoms with Gasteiger partial charge in [0, 0.05) is 30.9 Å². The number of thioether (sulfide) groups is 1. The minimum atomic E-state index is -0.727. The van der Waals surface area contributed by atoms with Gasteiger partial charge in [0.15, 0.2) is 0 Å². The van der Waals surface area contributed by atoms with E-state index < -0.39 is 28.7 Å². The molecule has 7 nitrogen and oxygen atoms in total. The van der Waals surface area contributed by atoms with Crippen molar-refractivity contribution in [2.24, 2.45) is 17.8 Å². The van der Waals surface area contributed by atoms with Gasteiger partial charge in [-0.25, -0.2) is 0 Å². The molecule has 1 N–H and O–H groups in total. The average Bonchev–Trinajstić information content (AvgIpc) is 3.63. The smallest absolute Gasteiger partial charge is 0.247 e. The van der Waals surface area contributed by atoms with E-state index in [1.807, 2.05) is 49.1 Å². The highest BCUT2D eigenvalue weighted by molar-refractivity contribution is 8.02. The molecule has 3 saturated heterocycles. The minimum Gasteiger partial charge on any atom is -0.394 e. The van der Waals surface area contributed by atoms with Crippen LogP contribution >= 0.6 is 11.8 Å². The fraction of sp³-hybridized carbons (Fsp3) is 0.618. The molecule has 8 heteroatoms. The van der Waals surface area contributed by atoms with Gasteiger partial charge < -0.3 is 19.8 Å². The first-order valence-corrected chi connectivity index (χ1v) is 16.5. The van der Waals surface area contributed by atoms with Crippen LogP contribution in [0.1, 0.15) is 65.4 Å². The molecule has 3 fully saturated rings. The van der Waals surface area contributed by atoms with Crippen LogP contribution in [-0.2, 0) is 20.9 Å². The Balaban J connectivity index is 1.78. The molecule has 4 rings (SSSR count). The van der Waals surface area contributed by atoms with Crippen LogP contribution in [0.5, 0.6) is 0 Å². The Kier molecular flexibility index (Phi) is 10.6. The highest BCUT2D eigenvalue weighted by Crippen LogP contribution is 2.67. The summed E-state index contributed by atoms with van der Waals surface area (Å²) in [4.78, 5) is 49.1. The summed E-state index contributed by atoms with van der Waals surface area (Å²) in [6.07, 6.45) is 7.52. The van der Waals surface area contributed by atoms with Gasteiger partial charge in [-0.3, -0.25) is 14.4 Å². The molecule has 0 aromatic heterocycles. The van der Waals surface area contributed by atoms with Crippen LogP contribution in [0.2, 0.25) is 0 Å². The van der Waals surface area contributed by atoms with Crippen LogP contribution < -0.4 is 0 Å². The van der Waals surface area contributed by atoms with Gasteiger partial charge in [0.1, 0.15) is 6.04 Å². The molecule has 0 radical (unpaired) electrons. The quantitative estimate of drug-likeness (QED) is 0.292. The van der Waals surface area contributed by atoms with Crippen molar-refractivity contribution in [3.05, 3.63) is 61.2 Å². The minimum absolute atomic E-state index is 0.00269. The molecule has 230 valence electrons. The van der Waals surface area contributed by atoms with Crippen LogP contribution in [0.4, 0.5) is 0 Å². The average molecular weight is 596 g/mol. The first-order chi connectivity index (χ1) is 20.2. The normalized spacial score (nSPS) is 28.2. The van der Waals surface area contributed by atoms with E-state index in [2.05, 4.69) is 27.0 Å². The number of rotatable bonds is 15. The highest BCUT2D eigenvalue weighted by atomic mass is 32.2. The molecule has 0 saturated carbocycles. The third-order valence-corrected chi connectivity index (χ3v) is 11.8. The van der Waals surface area contributed by atoms with Crippen molar-refractivity contribution in [3.63, 3.8) is 0 Å². The number of fused-ring (bicyclic) bond motifs is 1. The summed E-state index contributed by atoms with van der Waals surface area (Å²) in [7, 11) is 0. The van der Waals surface area contributed by atoms with Gasteiger partial charge >= 0.3 is 0 Å². The molecule has 1 spiro atoms. The lowest BCUT2D eigenvalue weighted by Gasteiger charge is -2.42. The monoisotopic (exact) mass is 595 g/mol. The van der Waals surface area contributed by atoms with E-state index >= 15 is 0 Å². The molecule has 42 heavy (non-hydrogen) atoms. The van der Waals surface area contributed by atoms with Gasteiger partial charge in [0.25, 0.3) is 0 Å². The Labute approximate surface area is 256 Å². The van der Waals surface area contributed by atoms with Gasteiger partial charge in [-0.05, 0) is 37.7 Å². The Bertz CT molecular complexity index is 1140. The summed E-state index contributed by atoms with van der Waals surface area (Å²) < 4.78 is -0.696. The van der Waals surface area contributed by atoms with E-state index in [1.54, 1.807) is 33.7 Å². The molecule has 3 heterocycles. The van der Waals surface area contributed by atoms with Crippen molar-refractivity contribution >= 4 is 29.5 Å². The number of aliphatic hydroxyl groups excluding tert-OH is 1. The van der Waals surface area contributed by atoms with E-state index in [9.17, 15) is 19.5 Å². The maximum absolute atomic E-state index is 14.7. The lowest BCUT2D eigenvalue weighted by atomic mass is 9.70. The third-order valence-electron chi connectivity index (χ3n) is 9.83. The standard InChI is InChI=1S/C34H49N3O4S/c1-7-14-24(6)36(20-9-3)33(41)30-34-18-17-27(42-34)28(29(34)32(40)37(30)26(22-38)23(5)10-4)31(39)35(19-8-2)21-25-15-12-11-13-16-25/h8-9,11-13,15-16,23-24,26-30,38H,2-3,7,10,14,17-22H2,1,4-6H3/t23-,24?,26-,27-,28+,29-,30?,34?/m0/s1. The second-order valence-corrected chi connectivity index (χ2v) is 13.9. The summed E-state index contributed by atoms with van der Waals surface area (Å²) >= 11 is 1.69. The first kappa shape index (κ1) is 32.3. The predicted molar refractivity (Wildman–Crippen MR) is 170 cm³/mol. The molecule has 3 amide bonds. The zero-order valence-electron chi connectivity index (χ0n) is 25.8. The molecule has 3 unspecified atom stereocenters. The molecular weight excluding hydrogens is 546 g/mol. The van der Waals surface area contributed by atoms with Crippen LogP contribution in [0.3, 0.4) is 0 Å². The van der Waals surface area contributed by atoms with Crippen LogP contribution in [0.25, 0.3) is 0 Å². The number of carbonyl (C=O) groups excluding carboxylic acids is 3. The van der Waals surface area contributed by atoms with Crippen molar-refractivity contribution in [1.82, 2.24) is 14.7 Å². The molecule has 1 aromatic rings. The lowest BCUT2D eigenvalue weighted by Crippen LogP contribution is -2.59. The van der Waals surface area contributed by atoms with E-state index in [1.165, 1.54) is 0 Å². The largest absolute Gasteiger partial charge is 0.394 e. The predicted octanol–water partition coefficient (Wildman–Crippen LogP) is 4.90. The highest BCUT2D eigenvalue weighted by Gasteiger charge is 2.74. The van der Waals surface area contributed by atoms with Crippen molar-refractivity contribution in [2.75, 3.05) is 19.7 Å². The number of hydrogen-bond acceptors (Lipinski definition) is 5. The molecular formula is C34H49N3O4S. The van der Waals surface area contributed by atoms with E-state index in [-0.39, 0.29) is 41.5 Å². The number of carbonyl (C=O) groups is 3. The fourth-order valence-corrected chi connectivity index (χ4v) is 9.78. The Morgan fingerprint density at radius 3 is 2.43 bits per heavy atom. The molecule has 3 aliphatic rings. The van der Waals surface area contributed by atoms with Crippen molar-refractivity contribution in [3.8, 4) is 0 Å². The van der Waals surface area contributed by atoms with E-state index in [4.69, 9.17) is 0 Å². The molecule has 1 aromatic carbocycles. The van der Waals surface area contributed by atoms with Crippen LogP contribution in [0, 0.1) is 17.8 Å².